The van der Waals surface area contributed by atoms with Crippen LogP contribution in [0, 0.1) is 0 Å². The van der Waals surface area contributed by atoms with Crippen molar-refractivity contribution in [3.63, 3.8) is 0 Å². The molecule has 3 aromatic heterocycles. The van der Waals surface area contributed by atoms with E-state index < -0.39 is 6.10 Å². The van der Waals surface area contributed by atoms with Crippen LogP contribution >= 0.6 is 0 Å². The van der Waals surface area contributed by atoms with Crippen molar-refractivity contribution in [1.82, 2.24) is 24.7 Å². The van der Waals surface area contributed by atoms with Gasteiger partial charge in [0, 0.05) is 6.20 Å². The second kappa shape index (κ2) is 6.20. The monoisotopic (exact) mass is 363 g/mol. The molecule has 0 saturated carbocycles. The zero-order chi connectivity index (χ0) is 18.2. The van der Waals surface area contributed by atoms with Crippen molar-refractivity contribution in [3.8, 4) is 11.5 Å². The van der Waals surface area contributed by atoms with Gasteiger partial charge >= 0.3 is 0 Å². The van der Waals surface area contributed by atoms with Crippen LogP contribution in [0.2, 0.25) is 0 Å². The fourth-order valence-electron chi connectivity index (χ4n) is 2.88. The lowest BCUT2D eigenvalue weighted by molar-refractivity contribution is 0.0665. The van der Waals surface area contributed by atoms with Crippen LogP contribution in [0.1, 0.15) is 17.8 Å². The SMILES string of the molecule is O=c1c2ccncc2ncn1Cc1noc([C@@H]2COc3ccccc3O2)n1. The van der Waals surface area contributed by atoms with Gasteiger partial charge in [0.25, 0.3) is 11.4 Å². The smallest absolute Gasteiger partial charge is 0.271 e. The molecule has 134 valence electrons. The molecule has 1 atom stereocenters. The summed E-state index contributed by atoms with van der Waals surface area (Å²) in [6.45, 7) is 0.404. The maximum Gasteiger partial charge on any atom is 0.271 e. The molecule has 0 unspecified atom stereocenters. The first-order valence-electron chi connectivity index (χ1n) is 8.28. The van der Waals surface area contributed by atoms with Crippen LogP contribution in [0.4, 0.5) is 0 Å². The van der Waals surface area contributed by atoms with Crippen LogP contribution in [-0.4, -0.2) is 31.3 Å². The number of aromatic nitrogens is 5. The largest absolute Gasteiger partial charge is 0.485 e. The zero-order valence-electron chi connectivity index (χ0n) is 14.0. The number of hydrogen-bond donors (Lipinski definition) is 0. The number of rotatable bonds is 3. The molecule has 1 aromatic carbocycles. The van der Waals surface area contributed by atoms with Gasteiger partial charge in [0.2, 0.25) is 6.10 Å². The maximum absolute atomic E-state index is 12.5. The second-order valence-electron chi connectivity index (χ2n) is 5.98. The van der Waals surface area contributed by atoms with E-state index in [1.54, 1.807) is 18.5 Å². The Morgan fingerprint density at radius 3 is 3.00 bits per heavy atom. The van der Waals surface area contributed by atoms with E-state index in [0.717, 1.165) is 0 Å². The van der Waals surface area contributed by atoms with Gasteiger partial charge in [0.15, 0.2) is 17.3 Å². The molecule has 1 aliphatic heterocycles. The van der Waals surface area contributed by atoms with Crippen LogP contribution in [0.25, 0.3) is 10.9 Å². The molecule has 0 fully saturated rings. The highest BCUT2D eigenvalue weighted by molar-refractivity contribution is 5.75. The van der Waals surface area contributed by atoms with E-state index in [0.29, 0.717) is 34.1 Å². The van der Waals surface area contributed by atoms with Crippen LogP contribution in [0.5, 0.6) is 11.5 Å². The predicted octanol–water partition coefficient (Wildman–Crippen LogP) is 1.74. The highest BCUT2D eigenvalue weighted by atomic mass is 16.6. The standard InChI is InChI=1S/C18H13N5O4/c24-18-11-5-6-19-7-12(11)20-10-23(18)8-16-21-17(27-22-16)15-9-25-13-3-1-2-4-14(13)26-15/h1-7,10,15H,8-9H2/t15-/m0/s1. The van der Waals surface area contributed by atoms with Crippen molar-refractivity contribution in [2.24, 2.45) is 0 Å². The fourth-order valence-corrected chi connectivity index (χ4v) is 2.88. The Morgan fingerprint density at radius 2 is 2.07 bits per heavy atom. The third-order valence-corrected chi connectivity index (χ3v) is 4.21. The Labute approximate surface area is 152 Å². The third kappa shape index (κ3) is 2.78. The summed E-state index contributed by atoms with van der Waals surface area (Å²) in [5.74, 6) is 1.95. The van der Waals surface area contributed by atoms with Gasteiger partial charge in [-0.05, 0) is 18.2 Å². The number of fused-ring (bicyclic) bond motifs is 2. The zero-order valence-corrected chi connectivity index (χ0v) is 14.0. The first-order valence-corrected chi connectivity index (χ1v) is 8.28. The first kappa shape index (κ1) is 15.5. The van der Waals surface area contributed by atoms with Crippen molar-refractivity contribution < 1.29 is 14.0 Å². The van der Waals surface area contributed by atoms with E-state index in [4.69, 9.17) is 14.0 Å². The number of pyridine rings is 1. The minimum absolute atomic E-state index is 0.137. The minimum Gasteiger partial charge on any atom is -0.485 e. The van der Waals surface area contributed by atoms with Crippen molar-refractivity contribution in [1.29, 1.82) is 0 Å². The number of nitrogens with zero attached hydrogens (tertiary/aromatic N) is 5. The van der Waals surface area contributed by atoms with E-state index in [2.05, 4.69) is 20.1 Å². The fraction of sp³-hybridized carbons (Fsp3) is 0.167. The lowest BCUT2D eigenvalue weighted by Crippen LogP contribution is -2.23. The number of benzene rings is 1. The summed E-state index contributed by atoms with van der Waals surface area (Å²) in [5.41, 5.74) is 0.346. The number of ether oxygens (including phenoxy) is 2. The normalized spacial score (nSPS) is 15.8. The Hall–Kier alpha value is -3.75. The highest BCUT2D eigenvalue weighted by Crippen LogP contribution is 2.35. The van der Waals surface area contributed by atoms with Crippen LogP contribution in [0.15, 0.2) is 58.4 Å². The van der Waals surface area contributed by atoms with Crippen LogP contribution in [-0.2, 0) is 6.54 Å². The van der Waals surface area contributed by atoms with Crippen molar-refractivity contribution in [2.45, 2.75) is 12.6 Å². The molecule has 0 saturated heterocycles. The summed E-state index contributed by atoms with van der Waals surface area (Å²) in [5, 5.41) is 4.43. The third-order valence-electron chi connectivity index (χ3n) is 4.21. The van der Waals surface area contributed by atoms with Gasteiger partial charge in [-0.15, -0.1) is 0 Å². The molecule has 1 aliphatic rings. The molecular formula is C18H13N5O4. The van der Waals surface area contributed by atoms with E-state index in [9.17, 15) is 4.79 Å². The Balaban J connectivity index is 1.39. The Kier molecular flexibility index (Phi) is 3.56. The lowest BCUT2D eigenvalue weighted by atomic mass is 10.2. The minimum atomic E-state index is -0.501. The summed E-state index contributed by atoms with van der Waals surface area (Å²) in [4.78, 5) is 25.1. The molecule has 0 N–H and O–H groups in total. The highest BCUT2D eigenvalue weighted by Gasteiger charge is 2.27. The van der Waals surface area contributed by atoms with Gasteiger partial charge in [0.05, 0.1) is 30.0 Å². The van der Waals surface area contributed by atoms with Gasteiger partial charge in [-0.25, -0.2) is 4.98 Å². The van der Waals surface area contributed by atoms with Crippen molar-refractivity contribution in [3.05, 3.63) is 71.1 Å². The molecule has 9 nitrogen and oxygen atoms in total. The maximum atomic E-state index is 12.5. The van der Waals surface area contributed by atoms with E-state index in [1.807, 2.05) is 24.3 Å². The van der Waals surface area contributed by atoms with E-state index in [1.165, 1.54) is 10.9 Å². The molecule has 0 bridgehead atoms. The lowest BCUT2D eigenvalue weighted by Gasteiger charge is -2.23. The van der Waals surface area contributed by atoms with Crippen LogP contribution < -0.4 is 15.0 Å². The van der Waals surface area contributed by atoms with Gasteiger partial charge in [-0.1, -0.05) is 17.3 Å². The topological polar surface area (TPSA) is 105 Å². The van der Waals surface area contributed by atoms with Gasteiger partial charge < -0.3 is 14.0 Å². The molecule has 27 heavy (non-hydrogen) atoms. The molecular weight excluding hydrogens is 350 g/mol. The second-order valence-corrected chi connectivity index (χ2v) is 5.98. The van der Waals surface area contributed by atoms with Crippen molar-refractivity contribution >= 4 is 10.9 Å². The van der Waals surface area contributed by atoms with Crippen molar-refractivity contribution in [2.75, 3.05) is 6.61 Å². The molecule has 4 heterocycles. The molecule has 0 aliphatic carbocycles. The summed E-state index contributed by atoms with van der Waals surface area (Å²) >= 11 is 0. The van der Waals surface area contributed by atoms with Crippen LogP contribution in [0.3, 0.4) is 0 Å². The average Bonchev–Trinajstić information content (AvgIpc) is 3.18. The molecule has 0 amide bonds. The summed E-state index contributed by atoms with van der Waals surface area (Å²) < 4.78 is 18.2. The van der Waals surface area contributed by atoms with Gasteiger partial charge in [-0.2, -0.15) is 4.98 Å². The molecule has 0 radical (unpaired) electrons. The predicted molar refractivity (Wildman–Crippen MR) is 92.5 cm³/mol. The molecule has 0 spiro atoms. The summed E-state index contributed by atoms with van der Waals surface area (Å²) in [6.07, 6.45) is 4.05. The molecule has 5 rings (SSSR count). The molecule has 4 aromatic rings. The Bertz CT molecular complexity index is 1190. The quantitative estimate of drug-likeness (QED) is 0.542. The average molecular weight is 363 g/mol. The summed E-state index contributed by atoms with van der Waals surface area (Å²) in [6, 6.07) is 9.01. The Morgan fingerprint density at radius 1 is 1.19 bits per heavy atom. The molecule has 9 heteroatoms. The van der Waals surface area contributed by atoms with Gasteiger partial charge in [-0.3, -0.25) is 14.3 Å². The van der Waals surface area contributed by atoms with E-state index in [-0.39, 0.29) is 18.7 Å². The number of para-hydroxylation sites is 2. The first-order chi connectivity index (χ1) is 13.3. The van der Waals surface area contributed by atoms with E-state index >= 15 is 0 Å². The summed E-state index contributed by atoms with van der Waals surface area (Å²) in [7, 11) is 0. The van der Waals surface area contributed by atoms with Gasteiger partial charge in [0.1, 0.15) is 6.61 Å². The number of hydrogen-bond acceptors (Lipinski definition) is 8.